The second-order valence-electron chi connectivity index (χ2n) is 5.80. The molecule has 0 aliphatic heterocycles. The van der Waals surface area contributed by atoms with E-state index in [-0.39, 0.29) is 6.03 Å². The molecule has 0 aliphatic carbocycles. The van der Waals surface area contributed by atoms with Crippen molar-refractivity contribution in [2.75, 3.05) is 11.9 Å². The van der Waals surface area contributed by atoms with Gasteiger partial charge < -0.3 is 10.6 Å². The molecule has 0 saturated heterocycles. The largest absolute Gasteiger partial charge is 0.338 e. The van der Waals surface area contributed by atoms with Crippen LogP contribution in [0.4, 0.5) is 10.5 Å². The van der Waals surface area contributed by atoms with Crippen molar-refractivity contribution < 1.29 is 14.8 Å². The zero-order chi connectivity index (χ0) is 18.4. The zero-order valence-corrected chi connectivity index (χ0v) is 14.0. The van der Waals surface area contributed by atoms with E-state index in [0.717, 1.165) is 22.0 Å². The number of benzene rings is 3. The number of carbonyl (C=O) groups is 2. The van der Waals surface area contributed by atoms with E-state index in [9.17, 15) is 9.59 Å². The number of rotatable bonds is 5. The van der Waals surface area contributed by atoms with E-state index in [1.54, 1.807) is 29.7 Å². The average Bonchev–Trinajstić information content (AvgIpc) is 2.68. The minimum Gasteiger partial charge on any atom is -0.338 e. The number of fused-ring (bicyclic) bond motifs is 1. The normalized spacial score (nSPS) is 10.3. The van der Waals surface area contributed by atoms with E-state index < -0.39 is 5.91 Å². The number of urea groups is 1. The molecule has 0 radical (unpaired) electrons. The van der Waals surface area contributed by atoms with Crippen LogP contribution in [0.1, 0.15) is 15.9 Å². The summed E-state index contributed by atoms with van der Waals surface area (Å²) in [6, 6.07) is 20.2. The predicted molar refractivity (Wildman–Crippen MR) is 100 cm³/mol. The summed E-state index contributed by atoms with van der Waals surface area (Å²) in [6.45, 7) is 0.460. The van der Waals surface area contributed by atoms with Gasteiger partial charge in [-0.15, -0.1) is 0 Å². The SMILES string of the molecule is O=C(NCCc1ccc(C(=O)NO)cc1)Nc1cccc2ccccc12. The van der Waals surface area contributed by atoms with Crippen molar-refractivity contribution in [3.8, 4) is 0 Å². The summed E-state index contributed by atoms with van der Waals surface area (Å²) < 4.78 is 0. The van der Waals surface area contributed by atoms with Crippen LogP contribution >= 0.6 is 0 Å². The number of amides is 3. The molecule has 4 N–H and O–H groups in total. The van der Waals surface area contributed by atoms with Gasteiger partial charge >= 0.3 is 6.03 Å². The Morgan fingerprint density at radius 3 is 2.38 bits per heavy atom. The van der Waals surface area contributed by atoms with Gasteiger partial charge in [0, 0.05) is 17.5 Å². The van der Waals surface area contributed by atoms with Gasteiger partial charge in [0.05, 0.1) is 5.69 Å². The number of nitrogens with one attached hydrogen (secondary N) is 3. The van der Waals surface area contributed by atoms with Crippen LogP contribution in [0.25, 0.3) is 10.8 Å². The highest BCUT2D eigenvalue weighted by Crippen LogP contribution is 2.22. The zero-order valence-electron chi connectivity index (χ0n) is 14.0. The van der Waals surface area contributed by atoms with E-state index in [1.807, 2.05) is 42.5 Å². The third-order valence-electron chi connectivity index (χ3n) is 4.05. The molecule has 6 heteroatoms. The summed E-state index contributed by atoms with van der Waals surface area (Å²) >= 11 is 0. The molecule has 3 rings (SSSR count). The Morgan fingerprint density at radius 2 is 1.62 bits per heavy atom. The van der Waals surface area contributed by atoms with E-state index in [0.29, 0.717) is 18.5 Å². The molecule has 3 aromatic rings. The lowest BCUT2D eigenvalue weighted by atomic mass is 10.1. The summed E-state index contributed by atoms with van der Waals surface area (Å²) in [5.41, 5.74) is 3.70. The van der Waals surface area contributed by atoms with Crippen molar-refractivity contribution in [1.82, 2.24) is 10.8 Å². The fraction of sp³-hybridized carbons (Fsp3) is 0.100. The van der Waals surface area contributed by atoms with Crippen molar-refractivity contribution in [1.29, 1.82) is 0 Å². The highest BCUT2D eigenvalue weighted by Gasteiger charge is 2.06. The Morgan fingerprint density at radius 1 is 0.885 bits per heavy atom. The van der Waals surface area contributed by atoms with Crippen LogP contribution in [0.5, 0.6) is 0 Å². The molecule has 0 spiro atoms. The molecule has 0 aromatic heterocycles. The van der Waals surface area contributed by atoms with Crippen molar-refractivity contribution in [3.05, 3.63) is 77.9 Å². The lowest BCUT2D eigenvalue weighted by Crippen LogP contribution is -2.30. The molecule has 0 bridgehead atoms. The Bertz CT molecular complexity index is 918. The lowest BCUT2D eigenvalue weighted by Gasteiger charge is -2.10. The molecule has 0 fully saturated rings. The first-order valence-corrected chi connectivity index (χ1v) is 8.23. The van der Waals surface area contributed by atoms with Crippen LogP contribution in [-0.4, -0.2) is 23.7 Å². The molecule has 0 heterocycles. The second kappa shape index (κ2) is 8.13. The van der Waals surface area contributed by atoms with Crippen LogP contribution in [-0.2, 0) is 6.42 Å². The van der Waals surface area contributed by atoms with Crippen LogP contribution < -0.4 is 16.1 Å². The van der Waals surface area contributed by atoms with E-state index in [2.05, 4.69) is 10.6 Å². The lowest BCUT2D eigenvalue weighted by molar-refractivity contribution is 0.0706. The van der Waals surface area contributed by atoms with Gasteiger partial charge in [0.15, 0.2) is 0 Å². The Balaban J connectivity index is 1.53. The number of hydroxylamine groups is 1. The number of hydrogen-bond donors (Lipinski definition) is 4. The number of hydrogen-bond acceptors (Lipinski definition) is 3. The third kappa shape index (κ3) is 4.17. The molecule has 3 aromatic carbocycles. The summed E-state index contributed by atoms with van der Waals surface area (Å²) in [7, 11) is 0. The smallest absolute Gasteiger partial charge is 0.319 e. The second-order valence-corrected chi connectivity index (χ2v) is 5.80. The Labute approximate surface area is 150 Å². The summed E-state index contributed by atoms with van der Waals surface area (Å²) in [4.78, 5) is 23.4. The average molecular weight is 349 g/mol. The van der Waals surface area contributed by atoms with Gasteiger partial charge in [-0.25, -0.2) is 10.3 Å². The van der Waals surface area contributed by atoms with Crippen LogP contribution in [0.2, 0.25) is 0 Å². The standard InChI is InChI=1S/C20H19N3O3/c24-19(23-26)16-10-8-14(9-11-16)12-13-21-20(25)22-18-7-3-5-15-4-1-2-6-17(15)18/h1-11,26H,12-13H2,(H,23,24)(H2,21,22,25). The van der Waals surface area contributed by atoms with Crippen molar-refractivity contribution in [2.45, 2.75) is 6.42 Å². The first-order valence-electron chi connectivity index (χ1n) is 8.23. The summed E-state index contributed by atoms with van der Waals surface area (Å²) in [6.07, 6.45) is 0.629. The molecule has 0 atom stereocenters. The van der Waals surface area contributed by atoms with Crippen molar-refractivity contribution in [3.63, 3.8) is 0 Å². The van der Waals surface area contributed by atoms with Crippen LogP contribution in [0, 0.1) is 0 Å². The highest BCUT2D eigenvalue weighted by molar-refractivity contribution is 6.01. The summed E-state index contributed by atoms with van der Waals surface area (Å²) in [5.74, 6) is -0.552. The molecule has 0 unspecified atom stereocenters. The molecule has 0 aliphatic rings. The third-order valence-corrected chi connectivity index (χ3v) is 4.05. The fourth-order valence-electron chi connectivity index (χ4n) is 2.71. The molecule has 132 valence electrons. The minimum absolute atomic E-state index is 0.266. The highest BCUT2D eigenvalue weighted by atomic mass is 16.5. The maximum Gasteiger partial charge on any atom is 0.319 e. The van der Waals surface area contributed by atoms with Crippen molar-refractivity contribution in [2.24, 2.45) is 0 Å². The maximum atomic E-state index is 12.1. The van der Waals surface area contributed by atoms with E-state index in [1.165, 1.54) is 0 Å². The maximum absolute atomic E-state index is 12.1. The molecule has 26 heavy (non-hydrogen) atoms. The Kier molecular flexibility index (Phi) is 5.46. The molecule has 0 saturated carbocycles. The molecule has 3 amide bonds. The topological polar surface area (TPSA) is 90.5 Å². The minimum atomic E-state index is -0.552. The molecular formula is C20H19N3O3. The Hall–Kier alpha value is -3.38. The van der Waals surface area contributed by atoms with Gasteiger partial charge in [0.2, 0.25) is 0 Å². The van der Waals surface area contributed by atoms with E-state index in [4.69, 9.17) is 5.21 Å². The van der Waals surface area contributed by atoms with Crippen molar-refractivity contribution >= 4 is 28.4 Å². The predicted octanol–water partition coefficient (Wildman–Crippen LogP) is 3.32. The monoisotopic (exact) mass is 349 g/mol. The van der Waals surface area contributed by atoms with Crippen LogP contribution in [0.3, 0.4) is 0 Å². The first-order chi connectivity index (χ1) is 12.7. The number of carbonyl (C=O) groups excluding carboxylic acids is 2. The van der Waals surface area contributed by atoms with Gasteiger partial charge in [0.25, 0.3) is 5.91 Å². The van der Waals surface area contributed by atoms with Crippen LogP contribution in [0.15, 0.2) is 66.7 Å². The summed E-state index contributed by atoms with van der Waals surface area (Å²) in [5, 5.41) is 16.3. The number of anilines is 1. The van der Waals surface area contributed by atoms with Gasteiger partial charge in [-0.05, 0) is 35.6 Å². The van der Waals surface area contributed by atoms with Gasteiger partial charge in [-0.3, -0.25) is 10.0 Å². The van der Waals surface area contributed by atoms with Gasteiger partial charge in [0.1, 0.15) is 0 Å². The van der Waals surface area contributed by atoms with Gasteiger partial charge in [-0.1, -0.05) is 48.5 Å². The first kappa shape index (κ1) is 17.4. The molecular weight excluding hydrogens is 330 g/mol. The van der Waals surface area contributed by atoms with E-state index >= 15 is 0 Å². The molecule has 6 nitrogen and oxygen atoms in total. The quantitative estimate of drug-likeness (QED) is 0.421. The van der Waals surface area contributed by atoms with Gasteiger partial charge in [-0.2, -0.15) is 0 Å². The fourth-order valence-corrected chi connectivity index (χ4v) is 2.71.